The molecule has 0 radical (unpaired) electrons. The Balaban J connectivity index is 1.77. The highest BCUT2D eigenvalue weighted by atomic mass is 16.1. The van der Waals surface area contributed by atoms with Gasteiger partial charge >= 0.3 is 0 Å². The van der Waals surface area contributed by atoms with E-state index in [-0.39, 0.29) is 5.91 Å². The first-order valence-corrected chi connectivity index (χ1v) is 6.85. The van der Waals surface area contributed by atoms with Crippen molar-refractivity contribution < 1.29 is 4.79 Å². The van der Waals surface area contributed by atoms with Crippen LogP contribution < -0.4 is 5.32 Å². The van der Waals surface area contributed by atoms with Gasteiger partial charge in [0.15, 0.2) is 0 Å². The lowest BCUT2D eigenvalue weighted by atomic mass is 10.1. The summed E-state index contributed by atoms with van der Waals surface area (Å²) in [5.74, 6) is -0.145. The van der Waals surface area contributed by atoms with E-state index in [0.717, 1.165) is 22.5 Å². The predicted molar refractivity (Wildman–Crippen MR) is 83.0 cm³/mol. The first kappa shape index (κ1) is 13.9. The van der Waals surface area contributed by atoms with Crippen LogP contribution in [0.3, 0.4) is 0 Å². The number of amides is 1. The molecule has 0 aliphatic carbocycles. The minimum atomic E-state index is -0.145. The van der Waals surface area contributed by atoms with Crippen molar-refractivity contribution in [1.29, 1.82) is 0 Å². The van der Waals surface area contributed by atoms with Gasteiger partial charge in [0.1, 0.15) is 6.33 Å². The van der Waals surface area contributed by atoms with Crippen molar-refractivity contribution >= 4 is 11.6 Å². The molecule has 1 aromatic heterocycles. The van der Waals surface area contributed by atoms with Gasteiger partial charge in [-0.2, -0.15) is 0 Å². The topological polar surface area (TPSA) is 72.7 Å². The molecule has 1 heterocycles. The average molecular weight is 293 g/mol. The molecular weight excluding hydrogens is 278 g/mol. The third-order valence-electron chi connectivity index (χ3n) is 3.22. The largest absolute Gasteiger partial charge is 0.322 e. The summed E-state index contributed by atoms with van der Waals surface area (Å²) in [6.45, 7) is 4.01. The third kappa shape index (κ3) is 3.01. The Morgan fingerprint density at radius 2 is 1.73 bits per heavy atom. The van der Waals surface area contributed by atoms with Crippen LogP contribution in [-0.2, 0) is 0 Å². The van der Waals surface area contributed by atoms with Gasteiger partial charge in [-0.05, 0) is 71.8 Å². The van der Waals surface area contributed by atoms with E-state index in [4.69, 9.17) is 0 Å². The highest BCUT2D eigenvalue weighted by Crippen LogP contribution is 2.15. The average Bonchev–Trinajstić information content (AvgIpc) is 3.00. The Kier molecular flexibility index (Phi) is 3.65. The van der Waals surface area contributed by atoms with E-state index in [1.54, 1.807) is 24.3 Å². The van der Waals surface area contributed by atoms with Crippen molar-refractivity contribution in [2.24, 2.45) is 0 Å². The van der Waals surface area contributed by atoms with Crippen molar-refractivity contribution in [3.8, 4) is 5.69 Å². The van der Waals surface area contributed by atoms with Gasteiger partial charge in [0, 0.05) is 11.3 Å². The summed E-state index contributed by atoms with van der Waals surface area (Å²) in [7, 11) is 0. The van der Waals surface area contributed by atoms with E-state index in [2.05, 4.69) is 26.9 Å². The second-order valence-corrected chi connectivity index (χ2v) is 5.13. The molecule has 0 aliphatic heterocycles. The quantitative estimate of drug-likeness (QED) is 0.805. The van der Waals surface area contributed by atoms with Gasteiger partial charge in [-0.15, -0.1) is 5.10 Å². The van der Waals surface area contributed by atoms with Crippen LogP contribution in [0.15, 0.2) is 48.8 Å². The molecule has 6 heteroatoms. The van der Waals surface area contributed by atoms with Crippen LogP contribution in [0.4, 0.5) is 5.69 Å². The number of benzene rings is 2. The van der Waals surface area contributed by atoms with Crippen LogP contribution in [0, 0.1) is 13.8 Å². The zero-order valence-corrected chi connectivity index (χ0v) is 12.3. The predicted octanol–water partition coefficient (Wildman–Crippen LogP) is 2.53. The zero-order valence-electron chi connectivity index (χ0n) is 12.3. The molecule has 2 aromatic carbocycles. The van der Waals surface area contributed by atoms with E-state index >= 15 is 0 Å². The lowest BCUT2D eigenvalue weighted by Gasteiger charge is -2.08. The fraction of sp³-hybridized carbons (Fsp3) is 0.125. The molecular formula is C16H15N5O. The Morgan fingerprint density at radius 3 is 2.32 bits per heavy atom. The number of tetrazole rings is 1. The number of carbonyl (C=O) groups excluding carboxylic acids is 1. The molecule has 0 aliphatic rings. The van der Waals surface area contributed by atoms with Gasteiger partial charge in [0.05, 0.1) is 5.69 Å². The molecule has 110 valence electrons. The lowest BCUT2D eigenvalue weighted by molar-refractivity contribution is 0.102. The summed E-state index contributed by atoms with van der Waals surface area (Å²) in [6, 6.07) is 13.0. The summed E-state index contributed by atoms with van der Waals surface area (Å²) >= 11 is 0. The minimum Gasteiger partial charge on any atom is -0.322 e. The summed E-state index contributed by atoms with van der Waals surface area (Å²) in [6.07, 6.45) is 1.50. The normalized spacial score (nSPS) is 10.5. The van der Waals surface area contributed by atoms with Gasteiger partial charge in [-0.25, -0.2) is 4.68 Å². The van der Waals surface area contributed by atoms with E-state index in [0.29, 0.717) is 5.56 Å². The number of anilines is 1. The maximum atomic E-state index is 12.3. The summed E-state index contributed by atoms with van der Waals surface area (Å²) in [5.41, 5.74) is 4.41. The summed E-state index contributed by atoms with van der Waals surface area (Å²) in [5, 5.41) is 13.9. The molecule has 0 unspecified atom stereocenters. The van der Waals surface area contributed by atoms with Gasteiger partial charge in [0.25, 0.3) is 5.91 Å². The summed E-state index contributed by atoms with van der Waals surface area (Å²) < 4.78 is 1.53. The number of hydrogen-bond acceptors (Lipinski definition) is 4. The molecule has 3 rings (SSSR count). The number of aromatic nitrogens is 4. The molecule has 22 heavy (non-hydrogen) atoms. The summed E-state index contributed by atoms with van der Waals surface area (Å²) in [4.78, 5) is 12.3. The van der Waals surface area contributed by atoms with E-state index in [1.165, 1.54) is 11.0 Å². The highest BCUT2D eigenvalue weighted by molar-refractivity contribution is 6.04. The molecule has 1 N–H and O–H groups in total. The van der Waals surface area contributed by atoms with Crippen molar-refractivity contribution in [2.75, 3.05) is 5.32 Å². The highest BCUT2D eigenvalue weighted by Gasteiger charge is 2.07. The van der Waals surface area contributed by atoms with Gasteiger partial charge < -0.3 is 5.32 Å². The Bertz CT molecular complexity index is 774. The van der Waals surface area contributed by atoms with Gasteiger partial charge in [0.2, 0.25) is 0 Å². The fourth-order valence-corrected chi connectivity index (χ4v) is 2.30. The van der Waals surface area contributed by atoms with Gasteiger partial charge in [-0.3, -0.25) is 4.79 Å². The van der Waals surface area contributed by atoms with Crippen LogP contribution in [0.5, 0.6) is 0 Å². The second kappa shape index (κ2) is 5.77. The number of nitrogens with zero attached hydrogens (tertiary/aromatic N) is 4. The number of rotatable bonds is 3. The van der Waals surface area contributed by atoms with E-state index in [9.17, 15) is 4.79 Å². The number of carbonyl (C=O) groups is 1. The lowest BCUT2D eigenvalue weighted by Crippen LogP contribution is -2.12. The molecule has 0 bridgehead atoms. The van der Waals surface area contributed by atoms with Crippen LogP contribution >= 0.6 is 0 Å². The van der Waals surface area contributed by atoms with Crippen LogP contribution in [0.1, 0.15) is 21.5 Å². The maximum Gasteiger partial charge on any atom is 0.255 e. The van der Waals surface area contributed by atoms with Gasteiger partial charge in [-0.1, -0.05) is 6.07 Å². The number of hydrogen-bond donors (Lipinski definition) is 1. The first-order chi connectivity index (χ1) is 10.6. The monoisotopic (exact) mass is 293 g/mol. The van der Waals surface area contributed by atoms with Crippen molar-refractivity contribution in [2.45, 2.75) is 13.8 Å². The van der Waals surface area contributed by atoms with Crippen molar-refractivity contribution in [3.63, 3.8) is 0 Å². The van der Waals surface area contributed by atoms with Crippen LogP contribution in [0.25, 0.3) is 5.69 Å². The molecule has 3 aromatic rings. The Morgan fingerprint density at radius 1 is 1.05 bits per heavy atom. The zero-order chi connectivity index (χ0) is 15.5. The van der Waals surface area contributed by atoms with E-state index in [1.807, 2.05) is 26.0 Å². The standard InChI is InChI=1S/C16H15N5O/c1-11-7-12(2)9-14(8-11)18-16(22)13-3-5-15(6-4-13)21-10-17-19-20-21/h3-10H,1-2H3,(H,18,22). The molecule has 1 amide bonds. The first-order valence-electron chi connectivity index (χ1n) is 6.85. The number of aryl methyl sites for hydroxylation is 2. The van der Waals surface area contributed by atoms with Crippen molar-refractivity contribution in [1.82, 2.24) is 20.2 Å². The van der Waals surface area contributed by atoms with Crippen molar-refractivity contribution in [3.05, 3.63) is 65.5 Å². The van der Waals surface area contributed by atoms with Crippen LogP contribution in [-0.4, -0.2) is 26.1 Å². The Labute approximate surface area is 127 Å². The molecule has 0 saturated carbocycles. The molecule has 0 atom stereocenters. The molecule has 0 fully saturated rings. The third-order valence-corrected chi connectivity index (χ3v) is 3.22. The van der Waals surface area contributed by atoms with E-state index < -0.39 is 0 Å². The number of nitrogens with one attached hydrogen (secondary N) is 1. The maximum absolute atomic E-state index is 12.3. The fourth-order valence-electron chi connectivity index (χ4n) is 2.30. The second-order valence-electron chi connectivity index (χ2n) is 5.13. The molecule has 0 saturated heterocycles. The smallest absolute Gasteiger partial charge is 0.255 e. The minimum absolute atomic E-state index is 0.145. The Hall–Kier alpha value is -3.02. The molecule has 6 nitrogen and oxygen atoms in total. The molecule has 0 spiro atoms. The van der Waals surface area contributed by atoms with Crippen LogP contribution in [0.2, 0.25) is 0 Å². The SMILES string of the molecule is Cc1cc(C)cc(NC(=O)c2ccc(-n3cnnn3)cc2)c1.